The first kappa shape index (κ1) is 14.9. The summed E-state index contributed by atoms with van der Waals surface area (Å²) in [6.07, 6.45) is 1.03. The van der Waals surface area contributed by atoms with Crippen LogP contribution in [0.1, 0.15) is 19.2 Å². The van der Waals surface area contributed by atoms with E-state index in [2.05, 4.69) is 27.5 Å². The van der Waals surface area contributed by atoms with Gasteiger partial charge in [-0.3, -0.25) is 0 Å². The van der Waals surface area contributed by atoms with Gasteiger partial charge in [0.25, 0.3) is 0 Å². The zero-order chi connectivity index (χ0) is 14.5. The summed E-state index contributed by atoms with van der Waals surface area (Å²) in [6, 6.07) is 7.28. The molecule has 1 aromatic carbocycles. The van der Waals surface area contributed by atoms with Gasteiger partial charge in [0, 0.05) is 12.6 Å². The van der Waals surface area contributed by atoms with Crippen LogP contribution < -0.4 is 10.6 Å². The van der Waals surface area contributed by atoms with Crippen LogP contribution in [0.25, 0.3) is 0 Å². The molecule has 2 rings (SSSR count). The normalized spacial score (nSPS) is 10.4. The summed E-state index contributed by atoms with van der Waals surface area (Å²) in [7, 11) is 0. The maximum Gasteiger partial charge on any atom is 0.136 e. The van der Waals surface area contributed by atoms with Gasteiger partial charge in [0.1, 0.15) is 17.5 Å². The SMILES string of the molecule is CCCNc1cc(Nc2cccc(Cl)c2Cl)nc(C)n1. The number of rotatable bonds is 5. The molecule has 0 saturated carbocycles. The monoisotopic (exact) mass is 310 g/mol. The highest BCUT2D eigenvalue weighted by Gasteiger charge is 2.07. The predicted molar refractivity (Wildman–Crippen MR) is 85.3 cm³/mol. The molecule has 0 amide bonds. The molecule has 0 bridgehead atoms. The lowest BCUT2D eigenvalue weighted by atomic mass is 10.3. The van der Waals surface area contributed by atoms with Crippen LogP contribution in [0.15, 0.2) is 24.3 Å². The molecule has 0 aliphatic heterocycles. The van der Waals surface area contributed by atoms with Crippen molar-refractivity contribution in [1.82, 2.24) is 9.97 Å². The molecule has 0 fully saturated rings. The third-order valence-electron chi connectivity index (χ3n) is 2.61. The number of aryl methyl sites for hydroxylation is 1. The average molecular weight is 311 g/mol. The van der Waals surface area contributed by atoms with Crippen molar-refractivity contribution in [3.63, 3.8) is 0 Å². The molecule has 0 aliphatic rings. The first-order valence-electron chi connectivity index (χ1n) is 6.40. The first-order chi connectivity index (χ1) is 9.60. The lowest BCUT2D eigenvalue weighted by Crippen LogP contribution is -2.05. The van der Waals surface area contributed by atoms with E-state index in [0.717, 1.165) is 24.5 Å². The van der Waals surface area contributed by atoms with Crippen molar-refractivity contribution in [2.24, 2.45) is 0 Å². The van der Waals surface area contributed by atoms with E-state index in [9.17, 15) is 0 Å². The number of nitrogens with zero attached hydrogens (tertiary/aromatic N) is 2. The molecule has 0 aliphatic carbocycles. The summed E-state index contributed by atoms with van der Waals surface area (Å²) < 4.78 is 0. The number of aromatic nitrogens is 2. The third-order valence-corrected chi connectivity index (χ3v) is 3.43. The molecule has 0 radical (unpaired) electrons. The molecular weight excluding hydrogens is 295 g/mol. The summed E-state index contributed by atoms with van der Waals surface area (Å²) in [4.78, 5) is 8.68. The Morgan fingerprint density at radius 2 is 1.90 bits per heavy atom. The number of hydrogen-bond acceptors (Lipinski definition) is 4. The highest BCUT2D eigenvalue weighted by molar-refractivity contribution is 6.43. The van der Waals surface area contributed by atoms with Gasteiger partial charge in [0.05, 0.1) is 15.7 Å². The fourth-order valence-corrected chi connectivity index (χ4v) is 2.06. The molecule has 0 unspecified atom stereocenters. The Morgan fingerprint density at radius 1 is 1.15 bits per heavy atom. The summed E-state index contributed by atoms with van der Waals surface area (Å²) in [6.45, 7) is 4.82. The second-order valence-electron chi connectivity index (χ2n) is 4.34. The van der Waals surface area contributed by atoms with E-state index in [1.54, 1.807) is 6.07 Å². The zero-order valence-corrected chi connectivity index (χ0v) is 12.9. The van der Waals surface area contributed by atoms with Crippen molar-refractivity contribution in [1.29, 1.82) is 0 Å². The molecular formula is C14H16Cl2N4. The molecule has 6 heteroatoms. The molecule has 2 N–H and O–H groups in total. The summed E-state index contributed by atoms with van der Waals surface area (Å²) in [5.74, 6) is 2.16. The highest BCUT2D eigenvalue weighted by atomic mass is 35.5. The lowest BCUT2D eigenvalue weighted by Gasteiger charge is -2.11. The third kappa shape index (κ3) is 3.74. The molecule has 1 heterocycles. The van der Waals surface area contributed by atoms with Crippen LogP contribution >= 0.6 is 23.2 Å². The molecule has 2 aromatic rings. The van der Waals surface area contributed by atoms with Crippen molar-refractivity contribution < 1.29 is 0 Å². The van der Waals surface area contributed by atoms with Gasteiger partial charge in [-0.05, 0) is 25.5 Å². The van der Waals surface area contributed by atoms with Gasteiger partial charge in [-0.15, -0.1) is 0 Å². The van der Waals surface area contributed by atoms with Crippen molar-refractivity contribution in [2.45, 2.75) is 20.3 Å². The van der Waals surface area contributed by atoms with Crippen molar-refractivity contribution in [3.8, 4) is 0 Å². The van der Waals surface area contributed by atoms with Crippen molar-refractivity contribution in [2.75, 3.05) is 17.2 Å². The van der Waals surface area contributed by atoms with Gasteiger partial charge in [-0.25, -0.2) is 9.97 Å². The van der Waals surface area contributed by atoms with Crippen LogP contribution in [0.2, 0.25) is 10.0 Å². The maximum atomic E-state index is 6.15. The van der Waals surface area contributed by atoms with Crippen LogP contribution in [0.4, 0.5) is 17.3 Å². The zero-order valence-electron chi connectivity index (χ0n) is 11.4. The van der Waals surface area contributed by atoms with E-state index >= 15 is 0 Å². The number of hydrogen-bond donors (Lipinski definition) is 2. The van der Waals surface area contributed by atoms with Gasteiger partial charge in [-0.1, -0.05) is 36.2 Å². The van der Waals surface area contributed by atoms with Crippen LogP contribution in [0, 0.1) is 6.92 Å². The van der Waals surface area contributed by atoms with E-state index in [0.29, 0.717) is 21.7 Å². The quantitative estimate of drug-likeness (QED) is 0.843. The second kappa shape index (κ2) is 6.77. The van der Waals surface area contributed by atoms with Crippen LogP contribution in [-0.2, 0) is 0 Å². The Kier molecular flexibility index (Phi) is 5.04. The highest BCUT2D eigenvalue weighted by Crippen LogP contribution is 2.31. The van der Waals surface area contributed by atoms with Crippen molar-refractivity contribution in [3.05, 3.63) is 40.1 Å². The predicted octanol–water partition coefficient (Wildman–Crippen LogP) is 4.66. The Hall–Kier alpha value is -1.52. The Bertz CT molecular complexity index is 602. The Labute approximate surface area is 128 Å². The number of anilines is 3. The van der Waals surface area contributed by atoms with E-state index in [1.807, 2.05) is 25.1 Å². The maximum absolute atomic E-state index is 6.15. The van der Waals surface area contributed by atoms with E-state index < -0.39 is 0 Å². The minimum atomic E-state index is 0.480. The molecule has 0 saturated heterocycles. The number of benzene rings is 1. The largest absolute Gasteiger partial charge is 0.370 e. The summed E-state index contributed by atoms with van der Waals surface area (Å²) in [5, 5.41) is 7.39. The molecule has 0 atom stereocenters. The minimum Gasteiger partial charge on any atom is -0.370 e. The van der Waals surface area contributed by atoms with Crippen LogP contribution in [0.5, 0.6) is 0 Å². The number of nitrogens with one attached hydrogen (secondary N) is 2. The molecule has 0 spiro atoms. The van der Waals surface area contributed by atoms with E-state index in [4.69, 9.17) is 23.2 Å². The van der Waals surface area contributed by atoms with Gasteiger partial charge in [0.2, 0.25) is 0 Å². The van der Waals surface area contributed by atoms with Crippen LogP contribution in [0.3, 0.4) is 0 Å². The summed E-state index contributed by atoms with van der Waals surface area (Å²) >= 11 is 12.1. The van der Waals surface area contributed by atoms with E-state index in [-0.39, 0.29) is 0 Å². The molecule has 106 valence electrons. The van der Waals surface area contributed by atoms with Gasteiger partial charge < -0.3 is 10.6 Å². The average Bonchev–Trinajstić information content (AvgIpc) is 2.41. The molecule has 1 aromatic heterocycles. The molecule has 4 nitrogen and oxygen atoms in total. The van der Waals surface area contributed by atoms with E-state index in [1.165, 1.54) is 0 Å². The second-order valence-corrected chi connectivity index (χ2v) is 5.12. The lowest BCUT2D eigenvalue weighted by molar-refractivity contribution is 0.955. The summed E-state index contributed by atoms with van der Waals surface area (Å²) in [5.41, 5.74) is 0.721. The van der Waals surface area contributed by atoms with Gasteiger partial charge in [-0.2, -0.15) is 0 Å². The van der Waals surface area contributed by atoms with Gasteiger partial charge >= 0.3 is 0 Å². The van der Waals surface area contributed by atoms with Crippen LogP contribution in [-0.4, -0.2) is 16.5 Å². The standard InChI is InChI=1S/C14H16Cl2N4/c1-3-7-17-12-8-13(19-9(2)18-12)20-11-6-4-5-10(15)14(11)16/h4-6,8H,3,7H2,1-2H3,(H2,17,18,19,20). The topological polar surface area (TPSA) is 49.8 Å². The van der Waals surface area contributed by atoms with Crippen molar-refractivity contribution >= 4 is 40.5 Å². The number of halogens is 2. The van der Waals surface area contributed by atoms with Gasteiger partial charge in [0.15, 0.2) is 0 Å². The first-order valence-corrected chi connectivity index (χ1v) is 7.16. The fraction of sp³-hybridized carbons (Fsp3) is 0.286. The Balaban J connectivity index is 2.24. The Morgan fingerprint density at radius 3 is 2.65 bits per heavy atom. The molecule has 20 heavy (non-hydrogen) atoms. The smallest absolute Gasteiger partial charge is 0.136 e. The fourth-order valence-electron chi connectivity index (χ4n) is 1.71. The minimum absolute atomic E-state index is 0.480.